The molecule has 0 aliphatic rings. The standard InChI is InChI=1S/C20H18Cl2N4O2S/c1-12-3-6-17(23-9-12)25-18(27)10-26(2)19(28)8-14-11-29-20(24-14)15-5-4-13(21)7-16(15)22/h3-7,9,11H,8,10H2,1-2H3,(H,23,25,27). The highest BCUT2D eigenvalue weighted by molar-refractivity contribution is 7.13. The molecule has 0 saturated heterocycles. The molecular formula is C20H18Cl2N4O2S. The van der Waals surface area contributed by atoms with Gasteiger partial charge in [-0.25, -0.2) is 9.97 Å². The van der Waals surface area contributed by atoms with Gasteiger partial charge in [0.25, 0.3) is 0 Å². The number of likely N-dealkylation sites (N-methyl/N-ethyl adjacent to an activating group) is 1. The van der Waals surface area contributed by atoms with Crippen LogP contribution < -0.4 is 5.32 Å². The van der Waals surface area contributed by atoms with Crippen LogP contribution in [-0.4, -0.2) is 40.3 Å². The van der Waals surface area contributed by atoms with E-state index in [1.54, 1.807) is 37.5 Å². The number of carbonyl (C=O) groups excluding carboxylic acids is 2. The van der Waals surface area contributed by atoms with Gasteiger partial charge in [-0.3, -0.25) is 9.59 Å². The van der Waals surface area contributed by atoms with Gasteiger partial charge in [-0.05, 0) is 36.8 Å². The Morgan fingerprint density at radius 3 is 2.69 bits per heavy atom. The van der Waals surface area contributed by atoms with Gasteiger partial charge in [-0.15, -0.1) is 11.3 Å². The maximum atomic E-state index is 12.5. The zero-order valence-electron chi connectivity index (χ0n) is 15.8. The molecule has 0 saturated carbocycles. The number of aromatic nitrogens is 2. The van der Waals surface area contributed by atoms with Crippen molar-refractivity contribution in [3.8, 4) is 10.6 Å². The number of nitrogens with one attached hydrogen (secondary N) is 1. The number of pyridine rings is 1. The molecule has 0 fully saturated rings. The maximum absolute atomic E-state index is 12.5. The number of hydrogen-bond acceptors (Lipinski definition) is 5. The van der Waals surface area contributed by atoms with Gasteiger partial charge in [0, 0.05) is 29.2 Å². The van der Waals surface area contributed by atoms with Crippen molar-refractivity contribution in [2.45, 2.75) is 13.3 Å². The van der Waals surface area contributed by atoms with Gasteiger partial charge in [0.1, 0.15) is 10.8 Å². The summed E-state index contributed by atoms with van der Waals surface area (Å²) >= 11 is 13.5. The van der Waals surface area contributed by atoms with Crippen LogP contribution in [0.2, 0.25) is 10.0 Å². The molecule has 29 heavy (non-hydrogen) atoms. The zero-order chi connectivity index (χ0) is 21.0. The van der Waals surface area contributed by atoms with Crippen LogP contribution in [-0.2, 0) is 16.0 Å². The maximum Gasteiger partial charge on any atom is 0.245 e. The molecule has 2 amide bonds. The van der Waals surface area contributed by atoms with Crippen LogP contribution >= 0.6 is 34.5 Å². The van der Waals surface area contributed by atoms with Crippen LogP contribution in [0.1, 0.15) is 11.3 Å². The second-order valence-electron chi connectivity index (χ2n) is 6.46. The SMILES string of the molecule is Cc1ccc(NC(=O)CN(C)C(=O)Cc2csc(-c3ccc(Cl)cc3Cl)n2)nc1. The minimum atomic E-state index is -0.316. The third-order valence-corrected chi connectivity index (χ3v) is 5.50. The summed E-state index contributed by atoms with van der Waals surface area (Å²) in [7, 11) is 1.58. The topological polar surface area (TPSA) is 75.2 Å². The third kappa shape index (κ3) is 5.76. The molecule has 0 spiro atoms. The van der Waals surface area contributed by atoms with Gasteiger partial charge in [-0.2, -0.15) is 0 Å². The Kier molecular flexibility index (Phi) is 6.84. The van der Waals surface area contributed by atoms with Crippen molar-refractivity contribution in [1.29, 1.82) is 0 Å². The number of benzene rings is 1. The smallest absolute Gasteiger partial charge is 0.245 e. The Morgan fingerprint density at radius 1 is 1.21 bits per heavy atom. The van der Waals surface area contributed by atoms with Crippen LogP contribution in [0.4, 0.5) is 5.82 Å². The molecule has 0 aliphatic carbocycles. The number of carbonyl (C=O) groups is 2. The van der Waals surface area contributed by atoms with Crippen molar-refractivity contribution in [3.05, 3.63) is 63.2 Å². The zero-order valence-corrected chi connectivity index (χ0v) is 18.1. The summed E-state index contributed by atoms with van der Waals surface area (Å²) in [4.78, 5) is 34.5. The van der Waals surface area contributed by atoms with E-state index < -0.39 is 0 Å². The van der Waals surface area contributed by atoms with E-state index in [1.165, 1.54) is 16.2 Å². The molecule has 1 N–H and O–H groups in total. The van der Waals surface area contributed by atoms with Crippen molar-refractivity contribution >= 4 is 52.2 Å². The predicted octanol–water partition coefficient (Wildman–Crippen LogP) is 4.46. The summed E-state index contributed by atoms with van der Waals surface area (Å²) < 4.78 is 0. The third-order valence-electron chi connectivity index (χ3n) is 4.03. The minimum absolute atomic E-state index is 0.0750. The lowest BCUT2D eigenvalue weighted by molar-refractivity contribution is -0.132. The van der Waals surface area contributed by atoms with Crippen molar-refractivity contribution in [2.24, 2.45) is 0 Å². The predicted molar refractivity (Wildman–Crippen MR) is 117 cm³/mol. The van der Waals surface area contributed by atoms with E-state index >= 15 is 0 Å². The van der Waals surface area contributed by atoms with Gasteiger partial charge < -0.3 is 10.2 Å². The van der Waals surface area contributed by atoms with E-state index in [0.717, 1.165) is 11.1 Å². The summed E-state index contributed by atoms with van der Waals surface area (Å²) in [5.41, 5.74) is 2.38. The number of anilines is 1. The second kappa shape index (κ2) is 9.35. The Hall–Kier alpha value is -2.48. The first-order valence-electron chi connectivity index (χ1n) is 8.68. The fraction of sp³-hybridized carbons (Fsp3) is 0.200. The molecule has 2 aromatic heterocycles. The summed E-state index contributed by atoms with van der Waals surface area (Å²) in [5, 5.41) is 6.24. The van der Waals surface area contributed by atoms with Gasteiger partial charge in [0.05, 0.1) is 23.7 Å². The van der Waals surface area contributed by atoms with Crippen molar-refractivity contribution in [2.75, 3.05) is 18.9 Å². The van der Waals surface area contributed by atoms with Gasteiger partial charge in [0.15, 0.2) is 0 Å². The largest absolute Gasteiger partial charge is 0.336 e. The lowest BCUT2D eigenvalue weighted by atomic mass is 10.2. The summed E-state index contributed by atoms with van der Waals surface area (Å²) in [6.45, 7) is 1.84. The van der Waals surface area contributed by atoms with Gasteiger partial charge >= 0.3 is 0 Å². The molecule has 0 aliphatic heterocycles. The van der Waals surface area contributed by atoms with E-state index in [2.05, 4.69) is 15.3 Å². The van der Waals surface area contributed by atoms with E-state index in [-0.39, 0.29) is 24.8 Å². The van der Waals surface area contributed by atoms with E-state index in [0.29, 0.717) is 26.6 Å². The number of aryl methyl sites for hydroxylation is 1. The van der Waals surface area contributed by atoms with E-state index in [1.807, 2.05) is 18.4 Å². The Balaban J connectivity index is 1.57. The molecule has 0 radical (unpaired) electrons. The Morgan fingerprint density at radius 2 is 2.00 bits per heavy atom. The van der Waals surface area contributed by atoms with Crippen LogP contribution in [0.25, 0.3) is 10.6 Å². The van der Waals surface area contributed by atoms with Crippen LogP contribution in [0, 0.1) is 6.92 Å². The molecular weight excluding hydrogens is 431 g/mol. The van der Waals surface area contributed by atoms with Crippen molar-refractivity contribution in [3.63, 3.8) is 0 Å². The van der Waals surface area contributed by atoms with E-state index in [4.69, 9.17) is 23.2 Å². The lowest BCUT2D eigenvalue weighted by Crippen LogP contribution is -2.36. The van der Waals surface area contributed by atoms with Crippen LogP contribution in [0.5, 0.6) is 0 Å². The highest BCUT2D eigenvalue weighted by atomic mass is 35.5. The van der Waals surface area contributed by atoms with Crippen LogP contribution in [0.3, 0.4) is 0 Å². The molecule has 2 heterocycles. The molecule has 0 atom stereocenters. The summed E-state index contributed by atoms with van der Waals surface area (Å²) in [6, 6.07) is 8.76. The normalized spacial score (nSPS) is 10.6. The fourth-order valence-corrected chi connectivity index (χ4v) is 3.91. The molecule has 3 rings (SSSR count). The first-order chi connectivity index (χ1) is 13.8. The lowest BCUT2D eigenvalue weighted by Gasteiger charge is -2.16. The summed E-state index contributed by atoms with van der Waals surface area (Å²) in [5.74, 6) is -0.0781. The van der Waals surface area contributed by atoms with Crippen molar-refractivity contribution < 1.29 is 9.59 Å². The number of halogens is 2. The second-order valence-corrected chi connectivity index (χ2v) is 8.17. The van der Waals surface area contributed by atoms with Crippen LogP contribution in [0.15, 0.2) is 41.9 Å². The molecule has 0 unspecified atom stereocenters. The number of thiazole rings is 1. The Bertz CT molecular complexity index is 1040. The molecule has 6 nitrogen and oxygen atoms in total. The highest BCUT2D eigenvalue weighted by Gasteiger charge is 2.16. The first-order valence-corrected chi connectivity index (χ1v) is 10.3. The number of hydrogen-bond donors (Lipinski definition) is 1. The van der Waals surface area contributed by atoms with Crippen molar-refractivity contribution in [1.82, 2.24) is 14.9 Å². The minimum Gasteiger partial charge on any atom is -0.336 e. The van der Waals surface area contributed by atoms with E-state index in [9.17, 15) is 9.59 Å². The monoisotopic (exact) mass is 448 g/mol. The number of amides is 2. The molecule has 0 bridgehead atoms. The molecule has 150 valence electrons. The quantitative estimate of drug-likeness (QED) is 0.603. The number of rotatable bonds is 6. The molecule has 1 aromatic carbocycles. The summed E-state index contributed by atoms with van der Waals surface area (Å²) in [6.07, 6.45) is 1.76. The average molecular weight is 449 g/mol. The number of nitrogens with zero attached hydrogens (tertiary/aromatic N) is 3. The molecule has 3 aromatic rings. The Labute approximate surface area is 182 Å². The van der Waals surface area contributed by atoms with Gasteiger partial charge in [0.2, 0.25) is 11.8 Å². The van der Waals surface area contributed by atoms with Gasteiger partial charge in [-0.1, -0.05) is 29.3 Å². The average Bonchev–Trinajstić information content (AvgIpc) is 3.11. The highest BCUT2D eigenvalue weighted by Crippen LogP contribution is 2.32. The molecule has 9 heteroatoms. The first kappa shape index (κ1) is 21.2. The fourth-order valence-electron chi connectivity index (χ4n) is 2.49.